The number of likely N-dealkylation sites (tertiary alicyclic amines) is 1. The maximum absolute atomic E-state index is 12.4. The van der Waals surface area contributed by atoms with Crippen LogP contribution in [0, 0.1) is 0 Å². The second-order valence-corrected chi connectivity index (χ2v) is 5.68. The van der Waals surface area contributed by atoms with Gasteiger partial charge >= 0.3 is 5.97 Å². The molecule has 1 N–H and O–H groups in total. The molecular weight excluding hydrogens is 266 g/mol. The normalized spacial score (nSPS) is 21.5. The predicted octanol–water partition coefficient (Wildman–Crippen LogP) is 2.87. The van der Waals surface area contributed by atoms with E-state index in [0.717, 1.165) is 19.3 Å². The highest BCUT2D eigenvalue weighted by Gasteiger charge is 2.48. The smallest absolute Gasteiger partial charge is 0.329 e. The second kappa shape index (κ2) is 6.74. The molecule has 0 bridgehead atoms. The maximum Gasteiger partial charge on any atom is 0.329 e. The fourth-order valence-corrected chi connectivity index (χ4v) is 3.21. The van der Waals surface area contributed by atoms with Crippen LogP contribution in [0.15, 0.2) is 30.3 Å². The Kier molecular flexibility index (Phi) is 4.99. The number of hydrogen-bond acceptors (Lipinski definition) is 2. The maximum atomic E-state index is 12.4. The molecule has 0 aromatic heterocycles. The van der Waals surface area contributed by atoms with Gasteiger partial charge in [0.05, 0.1) is 0 Å². The molecule has 1 fully saturated rings. The highest BCUT2D eigenvalue weighted by molar-refractivity contribution is 5.87. The zero-order chi connectivity index (χ0) is 15.3. The van der Waals surface area contributed by atoms with Gasteiger partial charge in [-0.1, -0.05) is 37.3 Å². The molecule has 4 nitrogen and oxygen atoms in total. The van der Waals surface area contributed by atoms with E-state index in [9.17, 15) is 14.7 Å². The van der Waals surface area contributed by atoms with Crippen molar-refractivity contribution in [1.82, 2.24) is 4.90 Å². The van der Waals surface area contributed by atoms with Crippen LogP contribution in [0.2, 0.25) is 0 Å². The van der Waals surface area contributed by atoms with E-state index in [1.54, 1.807) is 4.90 Å². The number of hydrogen-bond donors (Lipinski definition) is 1. The summed E-state index contributed by atoms with van der Waals surface area (Å²) >= 11 is 0. The Morgan fingerprint density at radius 2 is 2.00 bits per heavy atom. The SMILES string of the molecule is CCC1(C(=O)O)CCCN1C(=O)CCCc1ccccc1. The van der Waals surface area contributed by atoms with Crippen LogP contribution in [0.5, 0.6) is 0 Å². The van der Waals surface area contributed by atoms with Crippen molar-refractivity contribution in [3.05, 3.63) is 35.9 Å². The number of aliphatic carboxylic acids is 1. The van der Waals surface area contributed by atoms with Crippen molar-refractivity contribution in [3.63, 3.8) is 0 Å². The zero-order valence-electron chi connectivity index (χ0n) is 12.5. The van der Waals surface area contributed by atoms with Gasteiger partial charge in [-0.05, 0) is 37.7 Å². The molecule has 1 unspecified atom stereocenters. The van der Waals surface area contributed by atoms with Crippen LogP contribution in [0.1, 0.15) is 44.6 Å². The molecule has 2 rings (SSSR count). The molecule has 1 aliphatic heterocycles. The zero-order valence-corrected chi connectivity index (χ0v) is 12.5. The lowest BCUT2D eigenvalue weighted by molar-refractivity contribution is -0.156. The Balaban J connectivity index is 1.92. The standard InChI is InChI=1S/C17H23NO3/c1-2-17(16(20)21)12-7-13-18(17)15(19)11-6-10-14-8-4-3-5-9-14/h3-5,8-9H,2,6-7,10-13H2,1H3,(H,20,21). The first-order valence-electron chi connectivity index (χ1n) is 7.68. The number of rotatable bonds is 6. The minimum absolute atomic E-state index is 0.0207. The summed E-state index contributed by atoms with van der Waals surface area (Å²) in [5, 5.41) is 9.49. The lowest BCUT2D eigenvalue weighted by Gasteiger charge is -2.34. The fourth-order valence-electron chi connectivity index (χ4n) is 3.21. The summed E-state index contributed by atoms with van der Waals surface area (Å²) in [6, 6.07) is 10.1. The molecule has 0 saturated carbocycles. The van der Waals surface area contributed by atoms with Crippen LogP contribution in [0.25, 0.3) is 0 Å². The molecule has 1 atom stereocenters. The molecule has 21 heavy (non-hydrogen) atoms. The number of carboxylic acids is 1. The lowest BCUT2D eigenvalue weighted by Crippen LogP contribution is -2.52. The van der Waals surface area contributed by atoms with Crippen molar-refractivity contribution in [2.45, 2.75) is 51.0 Å². The molecule has 0 radical (unpaired) electrons. The molecule has 1 saturated heterocycles. The van der Waals surface area contributed by atoms with Crippen molar-refractivity contribution in [2.24, 2.45) is 0 Å². The minimum Gasteiger partial charge on any atom is -0.479 e. The van der Waals surface area contributed by atoms with E-state index in [1.165, 1.54) is 5.56 Å². The number of carboxylic acid groups (broad SMARTS) is 1. The quantitative estimate of drug-likeness (QED) is 0.876. The van der Waals surface area contributed by atoms with Crippen LogP contribution in [-0.4, -0.2) is 34.0 Å². The van der Waals surface area contributed by atoms with Gasteiger partial charge in [0.2, 0.25) is 5.91 Å². The van der Waals surface area contributed by atoms with E-state index >= 15 is 0 Å². The van der Waals surface area contributed by atoms with Crippen molar-refractivity contribution < 1.29 is 14.7 Å². The molecular formula is C17H23NO3. The summed E-state index contributed by atoms with van der Waals surface area (Å²) in [6.07, 6.45) is 3.87. The van der Waals surface area contributed by atoms with Crippen molar-refractivity contribution in [1.29, 1.82) is 0 Å². The van der Waals surface area contributed by atoms with Gasteiger partial charge in [-0.15, -0.1) is 0 Å². The third kappa shape index (κ3) is 3.26. The molecule has 1 aliphatic rings. The molecule has 1 amide bonds. The van der Waals surface area contributed by atoms with E-state index in [-0.39, 0.29) is 5.91 Å². The molecule has 0 spiro atoms. The average molecular weight is 289 g/mol. The van der Waals surface area contributed by atoms with Gasteiger partial charge in [-0.3, -0.25) is 4.79 Å². The number of carbonyl (C=O) groups is 2. The molecule has 114 valence electrons. The Morgan fingerprint density at radius 3 is 2.62 bits per heavy atom. The summed E-state index contributed by atoms with van der Waals surface area (Å²) in [5.41, 5.74) is 0.246. The van der Waals surface area contributed by atoms with Gasteiger partial charge in [-0.25, -0.2) is 4.79 Å². The predicted molar refractivity (Wildman–Crippen MR) is 81.0 cm³/mol. The largest absolute Gasteiger partial charge is 0.479 e. The van der Waals surface area contributed by atoms with Gasteiger partial charge in [-0.2, -0.15) is 0 Å². The van der Waals surface area contributed by atoms with Crippen LogP contribution >= 0.6 is 0 Å². The Bertz CT molecular complexity index is 500. The number of carbonyl (C=O) groups excluding carboxylic acids is 1. The van der Waals surface area contributed by atoms with Crippen molar-refractivity contribution in [3.8, 4) is 0 Å². The van der Waals surface area contributed by atoms with Gasteiger partial charge in [0.25, 0.3) is 0 Å². The number of amides is 1. The number of nitrogens with zero attached hydrogens (tertiary/aromatic N) is 1. The number of benzene rings is 1. The molecule has 1 heterocycles. The van der Waals surface area contributed by atoms with Gasteiger partial charge in [0, 0.05) is 13.0 Å². The molecule has 4 heteroatoms. The molecule has 1 aromatic rings. The Hall–Kier alpha value is -1.84. The fraction of sp³-hybridized carbons (Fsp3) is 0.529. The van der Waals surface area contributed by atoms with Crippen LogP contribution < -0.4 is 0 Å². The topological polar surface area (TPSA) is 57.6 Å². The Labute approximate surface area is 125 Å². The van der Waals surface area contributed by atoms with Gasteiger partial charge in [0.1, 0.15) is 5.54 Å². The average Bonchev–Trinajstić information content (AvgIpc) is 2.93. The first kappa shape index (κ1) is 15.5. The number of aryl methyl sites for hydroxylation is 1. The van der Waals surface area contributed by atoms with E-state index in [4.69, 9.17) is 0 Å². The first-order valence-corrected chi connectivity index (χ1v) is 7.68. The van der Waals surface area contributed by atoms with E-state index in [1.807, 2.05) is 37.3 Å². The summed E-state index contributed by atoms with van der Waals surface area (Å²) in [5.74, 6) is -0.883. The summed E-state index contributed by atoms with van der Waals surface area (Å²) in [6.45, 7) is 2.42. The second-order valence-electron chi connectivity index (χ2n) is 5.68. The van der Waals surface area contributed by atoms with Crippen molar-refractivity contribution >= 4 is 11.9 Å². The highest BCUT2D eigenvalue weighted by Crippen LogP contribution is 2.33. The van der Waals surface area contributed by atoms with Crippen LogP contribution in [-0.2, 0) is 16.0 Å². The van der Waals surface area contributed by atoms with Crippen LogP contribution in [0.3, 0.4) is 0 Å². The van der Waals surface area contributed by atoms with E-state index in [2.05, 4.69) is 0 Å². The third-order valence-electron chi connectivity index (χ3n) is 4.47. The summed E-state index contributed by atoms with van der Waals surface area (Å²) in [4.78, 5) is 25.5. The summed E-state index contributed by atoms with van der Waals surface area (Å²) in [7, 11) is 0. The summed E-state index contributed by atoms with van der Waals surface area (Å²) < 4.78 is 0. The Morgan fingerprint density at radius 1 is 1.29 bits per heavy atom. The third-order valence-corrected chi connectivity index (χ3v) is 4.47. The van der Waals surface area contributed by atoms with E-state index < -0.39 is 11.5 Å². The van der Waals surface area contributed by atoms with Crippen molar-refractivity contribution in [2.75, 3.05) is 6.54 Å². The first-order chi connectivity index (χ1) is 10.1. The molecule has 1 aromatic carbocycles. The van der Waals surface area contributed by atoms with Gasteiger partial charge < -0.3 is 10.0 Å². The van der Waals surface area contributed by atoms with Gasteiger partial charge in [0.15, 0.2) is 0 Å². The lowest BCUT2D eigenvalue weighted by atomic mass is 9.92. The van der Waals surface area contributed by atoms with E-state index in [0.29, 0.717) is 25.8 Å². The molecule has 0 aliphatic carbocycles. The minimum atomic E-state index is -0.968. The van der Waals surface area contributed by atoms with Crippen LogP contribution in [0.4, 0.5) is 0 Å². The highest BCUT2D eigenvalue weighted by atomic mass is 16.4. The monoisotopic (exact) mass is 289 g/mol.